The van der Waals surface area contributed by atoms with Gasteiger partial charge in [-0.3, -0.25) is 4.79 Å². The van der Waals surface area contributed by atoms with Gasteiger partial charge in [-0.1, -0.05) is 35.9 Å². The third-order valence-electron chi connectivity index (χ3n) is 6.69. The fraction of sp³-hybridized carbons (Fsp3) is 0.226. The summed E-state index contributed by atoms with van der Waals surface area (Å²) in [6.07, 6.45) is 6.58. The number of allylic oxidation sites excluding steroid dienone is 1. The normalized spacial score (nSPS) is 15.7. The monoisotopic (exact) mass is 595 g/mol. The molecule has 10 heteroatoms. The SMILES string of the molecule is CC=C/C(=C\N=C(C)OC)CN(C(=O)c1cccc(Cl)c1)c1ccc2c(c1)C(NS(=O)(=O)c1ccc(F)cc1)CC2. The molecule has 0 fully saturated rings. The average Bonchev–Trinajstić information content (AvgIpc) is 3.35. The molecule has 214 valence electrons. The molecule has 1 aliphatic rings. The third-order valence-corrected chi connectivity index (χ3v) is 8.41. The van der Waals surface area contributed by atoms with Crippen molar-refractivity contribution in [3.8, 4) is 0 Å². The van der Waals surface area contributed by atoms with Gasteiger partial charge in [0.25, 0.3) is 5.91 Å². The first-order chi connectivity index (χ1) is 19.6. The zero-order chi connectivity index (χ0) is 29.6. The molecule has 4 rings (SSSR count). The first-order valence-corrected chi connectivity index (χ1v) is 14.9. The highest BCUT2D eigenvalue weighted by Crippen LogP contribution is 2.36. The number of benzene rings is 3. The van der Waals surface area contributed by atoms with Gasteiger partial charge in [-0.15, -0.1) is 0 Å². The van der Waals surface area contributed by atoms with Gasteiger partial charge in [0, 0.05) is 35.4 Å². The molecule has 1 atom stereocenters. The summed E-state index contributed by atoms with van der Waals surface area (Å²) in [5.74, 6) is -0.330. The number of amides is 1. The van der Waals surface area contributed by atoms with Crippen molar-refractivity contribution in [2.45, 2.75) is 37.6 Å². The van der Waals surface area contributed by atoms with E-state index in [2.05, 4.69) is 9.71 Å². The number of nitrogens with zero attached hydrogens (tertiary/aromatic N) is 2. The highest BCUT2D eigenvalue weighted by Gasteiger charge is 2.29. The molecule has 41 heavy (non-hydrogen) atoms. The van der Waals surface area contributed by atoms with E-state index in [4.69, 9.17) is 16.3 Å². The number of hydrogen-bond donors (Lipinski definition) is 1. The lowest BCUT2D eigenvalue weighted by atomic mass is 10.1. The van der Waals surface area contributed by atoms with Crippen LogP contribution in [0.2, 0.25) is 5.02 Å². The second-order valence-corrected chi connectivity index (χ2v) is 11.7. The Kier molecular flexibility index (Phi) is 9.75. The zero-order valence-corrected chi connectivity index (χ0v) is 24.5. The first-order valence-electron chi connectivity index (χ1n) is 13.0. The van der Waals surface area contributed by atoms with E-state index in [1.54, 1.807) is 42.3 Å². The van der Waals surface area contributed by atoms with Gasteiger partial charge in [0.2, 0.25) is 10.0 Å². The molecule has 0 aliphatic heterocycles. The van der Waals surface area contributed by atoms with Crippen LogP contribution < -0.4 is 9.62 Å². The van der Waals surface area contributed by atoms with Gasteiger partial charge in [0.15, 0.2) is 5.90 Å². The quantitative estimate of drug-likeness (QED) is 0.171. The maximum Gasteiger partial charge on any atom is 0.258 e. The van der Waals surface area contributed by atoms with Crippen LogP contribution in [-0.4, -0.2) is 33.9 Å². The Morgan fingerprint density at radius 1 is 1.17 bits per heavy atom. The van der Waals surface area contributed by atoms with E-state index in [0.29, 0.717) is 35.0 Å². The number of carbonyl (C=O) groups excluding carboxylic acids is 1. The molecular formula is C31H31ClFN3O4S. The molecule has 3 aromatic carbocycles. The fourth-order valence-electron chi connectivity index (χ4n) is 4.57. The molecule has 0 aromatic heterocycles. The van der Waals surface area contributed by atoms with E-state index in [1.807, 2.05) is 37.3 Å². The number of carbonyl (C=O) groups is 1. The second kappa shape index (κ2) is 13.2. The Hall–Kier alpha value is -3.79. The van der Waals surface area contributed by atoms with Gasteiger partial charge in [0.05, 0.1) is 18.6 Å². The van der Waals surface area contributed by atoms with Crippen molar-refractivity contribution in [1.82, 2.24) is 4.72 Å². The molecule has 1 unspecified atom stereocenters. The van der Waals surface area contributed by atoms with Gasteiger partial charge in [-0.2, -0.15) is 0 Å². The second-order valence-electron chi connectivity index (χ2n) is 9.51. The van der Waals surface area contributed by atoms with Gasteiger partial charge >= 0.3 is 0 Å². The molecule has 0 radical (unpaired) electrons. The molecule has 0 saturated heterocycles. The summed E-state index contributed by atoms with van der Waals surface area (Å²) in [6, 6.07) is 16.5. The van der Waals surface area contributed by atoms with E-state index >= 15 is 0 Å². The summed E-state index contributed by atoms with van der Waals surface area (Å²) in [7, 11) is -2.37. The van der Waals surface area contributed by atoms with Crippen LogP contribution >= 0.6 is 11.6 Å². The van der Waals surface area contributed by atoms with Crippen molar-refractivity contribution in [2.24, 2.45) is 4.99 Å². The number of sulfonamides is 1. The van der Waals surface area contributed by atoms with Crippen molar-refractivity contribution in [3.05, 3.63) is 118 Å². The van der Waals surface area contributed by atoms with Crippen molar-refractivity contribution in [3.63, 3.8) is 0 Å². The lowest BCUT2D eigenvalue weighted by Crippen LogP contribution is -2.33. The van der Waals surface area contributed by atoms with Crippen LogP contribution in [0.15, 0.2) is 101 Å². The maximum absolute atomic E-state index is 13.9. The fourth-order valence-corrected chi connectivity index (χ4v) is 6.01. The summed E-state index contributed by atoms with van der Waals surface area (Å²) in [5, 5.41) is 0.435. The number of nitrogens with one attached hydrogen (secondary N) is 1. The van der Waals surface area contributed by atoms with Crippen LogP contribution in [0.5, 0.6) is 0 Å². The number of fused-ring (bicyclic) bond motifs is 1. The van der Waals surface area contributed by atoms with Crippen LogP contribution in [0.4, 0.5) is 10.1 Å². The Balaban J connectivity index is 1.72. The number of ether oxygens (including phenoxy) is 1. The summed E-state index contributed by atoms with van der Waals surface area (Å²) >= 11 is 6.20. The number of hydrogen-bond acceptors (Lipinski definition) is 5. The van der Waals surface area contributed by atoms with Crippen molar-refractivity contribution >= 4 is 39.1 Å². The largest absolute Gasteiger partial charge is 0.484 e. The van der Waals surface area contributed by atoms with Gasteiger partial charge in [0.1, 0.15) is 5.82 Å². The van der Waals surface area contributed by atoms with Crippen LogP contribution in [0.1, 0.15) is 47.8 Å². The summed E-state index contributed by atoms with van der Waals surface area (Å²) < 4.78 is 47.4. The minimum atomic E-state index is -3.90. The van der Waals surface area contributed by atoms with Crippen LogP contribution in [-0.2, 0) is 21.2 Å². The molecule has 0 heterocycles. The Labute approximate surface area is 245 Å². The predicted molar refractivity (Wildman–Crippen MR) is 160 cm³/mol. The molecule has 7 nitrogen and oxygen atoms in total. The number of halogens is 2. The summed E-state index contributed by atoms with van der Waals surface area (Å²) in [5.41, 5.74) is 3.50. The Morgan fingerprint density at radius 2 is 1.93 bits per heavy atom. The number of anilines is 1. The summed E-state index contributed by atoms with van der Waals surface area (Å²) in [6.45, 7) is 3.78. The predicted octanol–water partition coefficient (Wildman–Crippen LogP) is 6.62. The van der Waals surface area contributed by atoms with Gasteiger partial charge in [-0.25, -0.2) is 22.5 Å². The molecule has 1 N–H and O–H groups in total. The smallest absolute Gasteiger partial charge is 0.258 e. The maximum atomic E-state index is 13.9. The molecule has 0 spiro atoms. The van der Waals surface area contributed by atoms with E-state index < -0.39 is 21.9 Å². The molecular weight excluding hydrogens is 565 g/mol. The third kappa shape index (κ3) is 7.49. The van der Waals surface area contributed by atoms with Crippen LogP contribution in [0, 0.1) is 5.82 Å². The number of methoxy groups -OCH3 is 1. The standard InChI is InChI=1S/C31H31ClFN3O4S/c1-4-6-22(19-34-21(2)40-3)20-36(31(37)24-7-5-8-25(32)17-24)27-13-9-23-10-16-30(29(23)18-27)35-41(38,39)28-14-11-26(33)12-15-28/h4-9,11-15,17-19,30,35H,10,16,20H2,1-3H3/b6-4?,22-19+,34-21?. The van der Waals surface area contributed by atoms with Crippen molar-refractivity contribution in [1.29, 1.82) is 0 Å². The zero-order valence-electron chi connectivity index (χ0n) is 23.0. The Morgan fingerprint density at radius 3 is 2.61 bits per heavy atom. The molecule has 1 aliphatic carbocycles. The van der Waals surface area contributed by atoms with Crippen molar-refractivity contribution in [2.75, 3.05) is 18.6 Å². The highest BCUT2D eigenvalue weighted by atomic mass is 35.5. The topological polar surface area (TPSA) is 88.1 Å². The van der Waals surface area contributed by atoms with Crippen molar-refractivity contribution < 1.29 is 22.3 Å². The molecule has 0 bridgehead atoms. The number of rotatable bonds is 9. The lowest BCUT2D eigenvalue weighted by molar-refractivity contribution is 0.0989. The minimum absolute atomic E-state index is 0.0192. The lowest BCUT2D eigenvalue weighted by Gasteiger charge is -2.25. The minimum Gasteiger partial charge on any atom is -0.484 e. The Bertz CT molecular complexity index is 1620. The van der Waals surface area contributed by atoms with E-state index in [1.165, 1.54) is 19.2 Å². The molecule has 1 amide bonds. The van der Waals surface area contributed by atoms with Gasteiger partial charge < -0.3 is 9.64 Å². The molecule has 0 saturated carbocycles. The average molecular weight is 596 g/mol. The van der Waals surface area contributed by atoms with E-state index in [0.717, 1.165) is 28.8 Å². The first kappa shape index (κ1) is 30.2. The van der Waals surface area contributed by atoms with E-state index in [-0.39, 0.29) is 17.3 Å². The molecule has 3 aromatic rings. The summed E-state index contributed by atoms with van der Waals surface area (Å²) in [4.78, 5) is 19.8. The number of aliphatic imine (C=N–C) groups is 1. The van der Waals surface area contributed by atoms with Gasteiger partial charge in [-0.05, 0) is 91.1 Å². The highest BCUT2D eigenvalue weighted by molar-refractivity contribution is 7.89. The number of aryl methyl sites for hydroxylation is 1. The van der Waals surface area contributed by atoms with E-state index in [9.17, 15) is 17.6 Å². The van der Waals surface area contributed by atoms with Crippen LogP contribution in [0.25, 0.3) is 0 Å². The van der Waals surface area contributed by atoms with Crippen LogP contribution in [0.3, 0.4) is 0 Å².